The molecule has 1 heterocycles. The first-order valence-electron chi connectivity index (χ1n) is 15.7. The summed E-state index contributed by atoms with van der Waals surface area (Å²) in [7, 11) is 0. The molecule has 0 atom stereocenters. The number of hydrogen-bond acceptors (Lipinski definition) is 2. The van der Waals surface area contributed by atoms with Gasteiger partial charge in [-0.1, -0.05) is 121 Å². The summed E-state index contributed by atoms with van der Waals surface area (Å²) < 4.78 is 6.46. The van der Waals surface area contributed by atoms with Crippen LogP contribution in [0.3, 0.4) is 0 Å². The van der Waals surface area contributed by atoms with E-state index in [2.05, 4.69) is 169 Å². The third-order valence-corrected chi connectivity index (χ3v) is 9.05. The maximum absolute atomic E-state index is 6.46. The molecule has 0 amide bonds. The number of benzene rings is 8. The van der Waals surface area contributed by atoms with Gasteiger partial charge in [-0.2, -0.15) is 0 Å². The number of nitrogens with zero attached hydrogens (tertiary/aromatic N) is 1. The molecule has 0 radical (unpaired) electrons. The summed E-state index contributed by atoms with van der Waals surface area (Å²) in [6, 6.07) is 62.7. The number of anilines is 3. The lowest BCUT2D eigenvalue weighted by Crippen LogP contribution is -2.09. The van der Waals surface area contributed by atoms with Gasteiger partial charge >= 0.3 is 0 Å². The molecule has 0 aliphatic heterocycles. The number of fused-ring (bicyclic) bond motifs is 6. The smallest absolute Gasteiger partial charge is 0.143 e. The molecule has 46 heavy (non-hydrogen) atoms. The SMILES string of the molecule is c1ccc(N(c2ccc(-c3ccc4ccccc4c3)cc2)c2ccc(-c3cccc4ccc5c6ccccc6oc5c34)cc2)cc1. The third kappa shape index (κ3) is 4.43. The zero-order valence-corrected chi connectivity index (χ0v) is 25.1. The van der Waals surface area contributed by atoms with Crippen molar-refractivity contribution in [1.29, 1.82) is 0 Å². The molecule has 0 bridgehead atoms. The van der Waals surface area contributed by atoms with E-state index in [1.165, 1.54) is 32.8 Å². The monoisotopic (exact) mass is 587 g/mol. The second kappa shape index (κ2) is 10.8. The first kappa shape index (κ1) is 26.3. The van der Waals surface area contributed by atoms with Crippen LogP contribution >= 0.6 is 0 Å². The zero-order valence-electron chi connectivity index (χ0n) is 25.1. The highest BCUT2D eigenvalue weighted by atomic mass is 16.3. The van der Waals surface area contributed by atoms with Crippen LogP contribution in [0.2, 0.25) is 0 Å². The number of hydrogen-bond donors (Lipinski definition) is 0. The predicted octanol–water partition coefficient (Wildman–Crippen LogP) is 12.7. The van der Waals surface area contributed by atoms with E-state index in [1.807, 2.05) is 12.1 Å². The highest BCUT2D eigenvalue weighted by molar-refractivity contribution is 6.18. The largest absolute Gasteiger partial charge is 0.455 e. The summed E-state index contributed by atoms with van der Waals surface area (Å²) in [6.07, 6.45) is 0. The molecule has 216 valence electrons. The molecule has 2 heteroatoms. The van der Waals surface area contributed by atoms with Crippen LogP contribution in [0.4, 0.5) is 17.1 Å². The van der Waals surface area contributed by atoms with Crippen molar-refractivity contribution in [3.05, 3.63) is 176 Å². The number of para-hydroxylation sites is 2. The fraction of sp³-hybridized carbons (Fsp3) is 0. The lowest BCUT2D eigenvalue weighted by Gasteiger charge is -2.26. The molecule has 0 N–H and O–H groups in total. The van der Waals surface area contributed by atoms with Gasteiger partial charge in [0.25, 0.3) is 0 Å². The molecule has 8 aromatic carbocycles. The molecule has 2 nitrogen and oxygen atoms in total. The van der Waals surface area contributed by atoms with Crippen LogP contribution < -0.4 is 4.90 Å². The van der Waals surface area contributed by atoms with E-state index >= 15 is 0 Å². The van der Waals surface area contributed by atoms with E-state index in [9.17, 15) is 0 Å². The molecule has 1 aromatic heterocycles. The van der Waals surface area contributed by atoms with Crippen molar-refractivity contribution < 1.29 is 4.42 Å². The Hall–Kier alpha value is -6.12. The van der Waals surface area contributed by atoms with Gasteiger partial charge in [-0.05, 0) is 93.0 Å². The standard InChI is InChI=1S/C44H29NO/c1-2-12-36(13-3-1)45(37-24-19-31(20-25-37)35-18-17-30-9-4-5-10-34(30)29-35)38-26-21-32(22-27-38)39-15-8-11-33-23-28-41-40-14-6-7-16-42(40)46-44(41)43(33)39/h1-29H. The van der Waals surface area contributed by atoms with Crippen molar-refractivity contribution in [2.24, 2.45) is 0 Å². The van der Waals surface area contributed by atoms with Crippen LogP contribution in [-0.4, -0.2) is 0 Å². The predicted molar refractivity (Wildman–Crippen MR) is 194 cm³/mol. The van der Waals surface area contributed by atoms with Crippen molar-refractivity contribution in [2.75, 3.05) is 4.90 Å². The van der Waals surface area contributed by atoms with Crippen LogP contribution in [0.25, 0.3) is 65.7 Å². The van der Waals surface area contributed by atoms with Gasteiger partial charge in [-0.25, -0.2) is 0 Å². The molecule has 0 spiro atoms. The van der Waals surface area contributed by atoms with E-state index in [1.54, 1.807) is 0 Å². The third-order valence-electron chi connectivity index (χ3n) is 9.05. The second-order valence-corrected chi connectivity index (χ2v) is 11.8. The van der Waals surface area contributed by atoms with Crippen LogP contribution in [0.1, 0.15) is 0 Å². The Morgan fingerprint density at radius 1 is 0.370 bits per heavy atom. The molecular weight excluding hydrogens is 558 g/mol. The summed E-state index contributed by atoms with van der Waals surface area (Å²) in [4.78, 5) is 2.31. The minimum Gasteiger partial charge on any atom is -0.455 e. The van der Waals surface area contributed by atoms with Gasteiger partial charge in [0.05, 0.1) is 0 Å². The van der Waals surface area contributed by atoms with E-state index < -0.39 is 0 Å². The first-order chi connectivity index (χ1) is 22.8. The van der Waals surface area contributed by atoms with Crippen molar-refractivity contribution in [3.63, 3.8) is 0 Å². The van der Waals surface area contributed by atoms with Crippen molar-refractivity contribution >= 4 is 60.5 Å². The quantitative estimate of drug-likeness (QED) is 0.199. The minimum atomic E-state index is 0.917. The van der Waals surface area contributed by atoms with Gasteiger partial charge in [-0.3, -0.25) is 0 Å². The van der Waals surface area contributed by atoms with Gasteiger partial charge < -0.3 is 9.32 Å². The topological polar surface area (TPSA) is 16.4 Å². The molecule has 9 aromatic rings. The van der Waals surface area contributed by atoms with Gasteiger partial charge in [0.1, 0.15) is 11.2 Å². The fourth-order valence-electron chi connectivity index (χ4n) is 6.78. The summed E-state index contributed by atoms with van der Waals surface area (Å²) >= 11 is 0. The van der Waals surface area contributed by atoms with E-state index in [4.69, 9.17) is 4.42 Å². The molecule has 0 saturated heterocycles. The van der Waals surface area contributed by atoms with Gasteiger partial charge in [-0.15, -0.1) is 0 Å². The average molecular weight is 588 g/mol. The molecule has 9 rings (SSSR count). The number of furan rings is 1. The van der Waals surface area contributed by atoms with E-state index in [0.29, 0.717) is 0 Å². The van der Waals surface area contributed by atoms with Crippen LogP contribution in [0.5, 0.6) is 0 Å². The molecule has 0 aliphatic carbocycles. The Labute approximate surface area is 267 Å². The molecular formula is C44H29NO. The Morgan fingerprint density at radius 2 is 0.978 bits per heavy atom. The molecule has 0 aliphatic rings. The second-order valence-electron chi connectivity index (χ2n) is 11.8. The summed E-state index contributed by atoms with van der Waals surface area (Å²) in [5.41, 5.74) is 9.92. The van der Waals surface area contributed by atoms with Gasteiger partial charge in [0, 0.05) is 33.2 Å². The van der Waals surface area contributed by atoms with Crippen molar-refractivity contribution in [3.8, 4) is 22.3 Å². The maximum atomic E-state index is 6.46. The molecule has 0 unspecified atom stereocenters. The van der Waals surface area contributed by atoms with E-state index in [-0.39, 0.29) is 0 Å². The van der Waals surface area contributed by atoms with Crippen LogP contribution in [-0.2, 0) is 0 Å². The van der Waals surface area contributed by atoms with Crippen molar-refractivity contribution in [2.45, 2.75) is 0 Å². The Bertz CT molecular complexity index is 2510. The van der Waals surface area contributed by atoms with Crippen LogP contribution in [0.15, 0.2) is 180 Å². The Kier molecular flexibility index (Phi) is 6.17. The first-order valence-corrected chi connectivity index (χ1v) is 15.7. The average Bonchev–Trinajstić information content (AvgIpc) is 3.51. The normalized spacial score (nSPS) is 11.5. The lowest BCUT2D eigenvalue weighted by atomic mass is 9.96. The summed E-state index contributed by atoms with van der Waals surface area (Å²) in [5, 5.41) is 7.12. The highest BCUT2D eigenvalue weighted by Crippen LogP contribution is 2.41. The van der Waals surface area contributed by atoms with Crippen LogP contribution in [0, 0.1) is 0 Å². The maximum Gasteiger partial charge on any atom is 0.143 e. The Morgan fingerprint density at radius 3 is 1.78 bits per heavy atom. The lowest BCUT2D eigenvalue weighted by molar-refractivity contribution is 0.673. The Balaban J connectivity index is 1.12. The summed E-state index contributed by atoms with van der Waals surface area (Å²) in [6.45, 7) is 0. The van der Waals surface area contributed by atoms with Gasteiger partial charge in [0.2, 0.25) is 0 Å². The van der Waals surface area contributed by atoms with Gasteiger partial charge in [0.15, 0.2) is 0 Å². The molecule has 0 saturated carbocycles. The molecule has 0 fully saturated rings. The fourth-order valence-corrected chi connectivity index (χ4v) is 6.78. The zero-order chi connectivity index (χ0) is 30.5. The van der Waals surface area contributed by atoms with Crippen molar-refractivity contribution in [1.82, 2.24) is 0 Å². The minimum absolute atomic E-state index is 0.917. The highest BCUT2D eigenvalue weighted by Gasteiger charge is 2.16. The number of rotatable bonds is 5. The summed E-state index contributed by atoms with van der Waals surface area (Å²) in [5.74, 6) is 0. The van der Waals surface area contributed by atoms with E-state index in [0.717, 1.165) is 50.0 Å².